The number of aromatic nitrogens is 1. The molecule has 4 rings (SSSR count). The van der Waals surface area contributed by atoms with Gasteiger partial charge in [-0.2, -0.15) is 0 Å². The zero-order valence-electron chi connectivity index (χ0n) is 20.4. The van der Waals surface area contributed by atoms with Crippen LogP contribution in [0.15, 0.2) is 48.0 Å². The molecule has 0 bridgehead atoms. The third-order valence-corrected chi connectivity index (χ3v) is 6.62. The lowest BCUT2D eigenvalue weighted by atomic mass is 10.0. The molecule has 0 atom stereocenters. The largest absolute Gasteiger partial charge is 0.317 e. The van der Waals surface area contributed by atoms with Gasteiger partial charge in [-0.15, -0.1) is 0 Å². The van der Waals surface area contributed by atoms with Crippen LogP contribution in [0.3, 0.4) is 0 Å². The van der Waals surface area contributed by atoms with Gasteiger partial charge < -0.3 is 4.57 Å². The molecule has 3 aromatic rings. The molecule has 6 heteroatoms. The Kier molecular flexibility index (Phi) is 6.28. The second kappa shape index (κ2) is 9.03. The summed E-state index contributed by atoms with van der Waals surface area (Å²) >= 11 is 5.34. The predicted octanol–water partition coefficient (Wildman–Crippen LogP) is 5.41. The number of carbonyl (C=O) groups excluding carboxylic acids is 2. The number of amides is 2. The highest BCUT2D eigenvalue weighted by Crippen LogP contribution is 2.29. The topological polar surface area (TPSA) is 54.3 Å². The van der Waals surface area contributed by atoms with Crippen LogP contribution < -0.4 is 10.2 Å². The Bertz CT molecular complexity index is 1340. The first-order valence-electron chi connectivity index (χ1n) is 11.4. The normalized spacial score (nSPS) is 15.3. The molecule has 1 N–H and O–H groups in total. The molecule has 0 spiro atoms. The van der Waals surface area contributed by atoms with E-state index >= 15 is 0 Å². The first-order valence-corrected chi connectivity index (χ1v) is 11.8. The maximum atomic E-state index is 13.4. The van der Waals surface area contributed by atoms with E-state index in [1.54, 1.807) is 6.08 Å². The Morgan fingerprint density at radius 2 is 1.56 bits per heavy atom. The van der Waals surface area contributed by atoms with Crippen molar-refractivity contribution >= 4 is 40.9 Å². The van der Waals surface area contributed by atoms with Crippen LogP contribution in [-0.4, -0.2) is 21.5 Å². The average Bonchev–Trinajstić information content (AvgIpc) is 3.04. The van der Waals surface area contributed by atoms with Crippen LogP contribution in [0, 0.1) is 34.6 Å². The Hall–Kier alpha value is -3.51. The number of aryl methyl sites for hydroxylation is 5. The molecule has 34 heavy (non-hydrogen) atoms. The van der Waals surface area contributed by atoms with Crippen molar-refractivity contribution in [1.29, 1.82) is 0 Å². The molecular weight excluding hydrogens is 442 g/mol. The molecule has 1 saturated heterocycles. The number of benzene rings is 2. The van der Waals surface area contributed by atoms with Crippen molar-refractivity contribution in [3.05, 3.63) is 87.2 Å². The minimum atomic E-state index is -0.482. The molecule has 2 aromatic carbocycles. The molecule has 1 aliphatic heterocycles. The lowest BCUT2D eigenvalue weighted by Gasteiger charge is -2.29. The van der Waals surface area contributed by atoms with Crippen LogP contribution in [0.1, 0.15) is 46.1 Å². The van der Waals surface area contributed by atoms with E-state index in [9.17, 15) is 9.59 Å². The Morgan fingerprint density at radius 1 is 0.941 bits per heavy atom. The predicted molar refractivity (Wildman–Crippen MR) is 141 cm³/mol. The van der Waals surface area contributed by atoms with Crippen molar-refractivity contribution in [2.24, 2.45) is 0 Å². The van der Waals surface area contributed by atoms with Gasteiger partial charge in [0, 0.05) is 11.4 Å². The van der Waals surface area contributed by atoms with Crippen LogP contribution in [0.2, 0.25) is 0 Å². The fraction of sp³-hybridized carbons (Fsp3) is 0.250. The summed E-state index contributed by atoms with van der Waals surface area (Å²) in [5, 5.41) is 2.77. The summed E-state index contributed by atoms with van der Waals surface area (Å²) in [6, 6.07) is 14.0. The number of hydrogen-bond acceptors (Lipinski definition) is 3. The molecule has 1 aromatic heterocycles. The highest BCUT2D eigenvalue weighted by molar-refractivity contribution is 7.80. The molecule has 1 aliphatic rings. The molecule has 0 saturated carbocycles. The average molecular weight is 472 g/mol. The van der Waals surface area contributed by atoms with E-state index in [4.69, 9.17) is 12.2 Å². The maximum Gasteiger partial charge on any atom is 0.270 e. The van der Waals surface area contributed by atoms with Crippen LogP contribution in [0.5, 0.6) is 0 Å². The number of nitrogens with zero attached hydrogens (tertiary/aromatic N) is 2. The van der Waals surface area contributed by atoms with Gasteiger partial charge in [0.2, 0.25) is 0 Å². The number of carbonyl (C=O) groups is 2. The van der Waals surface area contributed by atoms with Gasteiger partial charge in [-0.1, -0.05) is 36.8 Å². The van der Waals surface area contributed by atoms with Gasteiger partial charge in [-0.25, -0.2) is 0 Å². The summed E-state index contributed by atoms with van der Waals surface area (Å²) in [6.07, 6.45) is 2.57. The fourth-order valence-corrected chi connectivity index (χ4v) is 5.01. The summed E-state index contributed by atoms with van der Waals surface area (Å²) in [5.74, 6) is -0.908. The quantitative estimate of drug-likeness (QED) is 0.314. The van der Waals surface area contributed by atoms with Gasteiger partial charge in [-0.3, -0.25) is 19.8 Å². The first-order chi connectivity index (χ1) is 16.1. The van der Waals surface area contributed by atoms with Gasteiger partial charge in [0.25, 0.3) is 11.8 Å². The Morgan fingerprint density at radius 3 is 2.15 bits per heavy atom. The maximum absolute atomic E-state index is 13.4. The second-order valence-corrected chi connectivity index (χ2v) is 9.27. The number of rotatable bonds is 4. The van der Waals surface area contributed by atoms with Gasteiger partial charge in [0.1, 0.15) is 5.57 Å². The SMILES string of the molecule is CCc1ccc(N2C(=O)C(=Cc3cc(C)n(-c4c(C)cc(C)cc4C)c3C)C(=O)NC2=S)cc1. The minimum Gasteiger partial charge on any atom is -0.317 e. The number of nitrogens with one attached hydrogen (secondary N) is 1. The molecular formula is C28H29N3O2S. The molecule has 174 valence electrons. The smallest absolute Gasteiger partial charge is 0.270 e. The standard InChI is InChI=1S/C28H29N3O2S/c1-7-21-8-10-23(11-9-21)31-27(33)24(26(32)29-28(31)34)15-22-14-19(5)30(20(22)6)25-17(3)12-16(2)13-18(25)4/h8-15H,7H2,1-6H3,(H,29,32,34). The number of hydrogen-bond donors (Lipinski definition) is 1. The Balaban J connectivity index is 1.78. The second-order valence-electron chi connectivity index (χ2n) is 8.89. The van der Waals surface area contributed by atoms with E-state index < -0.39 is 11.8 Å². The van der Waals surface area contributed by atoms with Crippen molar-refractivity contribution in [2.75, 3.05) is 4.90 Å². The Labute approximate surface area is 206 Å². The van der Waals surface area contributed by atoms with Gasteiger partial charge >= 0.3 is 0 Å². The van der Waals surface area contributed by atoms with Crippen LogP contribution >= 0.6 is 12.2 Å². The van der Waals surface area contributed by atoms with Crippen molar-refractivity contribution in [3.63, 3.8) is 0 Å². The van der Waals surface area contributed by atoms with Crippen molar-refractivity contribution in [2.45, 2.75) is 48.0 Å². The first kappa shape index (κ1) is 23.6. The van der Waals surface area contributed by atoms with Crippen LogP contribution in [0.4, 0.5) is 5.69 Å². The van der Waals surface area contributed by atoms with E-state index in [1.165, 1.54) is 21.6 Å². The van der Waals surface area contributed by atoms with E-state index in [2.05, 4.69) is 49.7 Å². The third-order valence-electron chi connectivity index (χ3n) is 6.33. The minimum absolute atomic E-state index is 0.0609. The summed E-state index contributed by atoms with van der Waals surface area (Å²) < 4.78 is 2.19. The molecule has 0 radical (unpaired) electrons. The highest BCUT2D eigenvalue weighted by Gasteiger charge is 2.34. The lowest BCUT2D eigenvalue weighted by Crippen LogP contribution is -2.54. The summed E-state index contributed by atoms with van der Waals surface area (Å²) in [5.41, 5.74) is 9.38. The summed E-state index contributed by atoms with van der Waals surface area (Å²) in [6.45, 7) is 12.4. The van der Waals surface area contributed by atoms with Gasteiger partial charge in [-0.05, 0) is 99.8 Å². The van der Waals surface area contributed by atoms with E-state index in [0.29, 0.717) is 5.69 Å². The molecule has 0 aliphatic carbocycles. The zero-order chi connectivity index (χ0) is 24.7. The summed E-state index contributed by atoms with van der Waals surface area (Å²) in [7, 11) is 0. The summed E-state index contributed by atoms with van der Waals surface area (Å²) in [4.78, 5) is 27.6. The van der Waals surface area contributed by atoms with Crippen molar-refractivity contribution < 1.29 is 9.59 Å². The molecule has 2 amide bonds. The molecule has 2 heterocycles. The van der Waals surface area contributed by atoms with Crippen molar-refractivity contribution in [3.8, 4) is 5.69 Å². The van der Waals surface area contributed by atoms with E-state index in [-0.39, 0.29) is 10.7 Å². The lowest BCUT2D eigenvalue weighted by molar-refractivity contribution is -0.122. The monoisotopic (exact) mass is 471 g/mol. The number of thiocarbonyl (C=S) groups is 1. The van der Waals surface area contributed by atoms with E-state index in [1.807, 2.05) is 44.2 Å². The van der Waals surface area contributed by atoms with Gasteiger partial charge in [0.15, 0.2) is 5.11 Å². The van der Waals surface area contributed by atoms with Gasteiger partial charge in [0.05, 0.1) is 11.4 Å². The molecule has 1 fully saturated rings. The molecule has 0 unspecified atom stereocenters. The fourth-order valence-electron chi connectivity index (χ4n) is 4.73. The van der Waals surface area contributed by atoms with E-state index in [0.717, 1.165) is 34.6 Å². The van der Waals surface area contributed by atoms with Crippen LogP contribution in [0.25, 0.3) is 11.8 Å². The zero-order valence-corrected chi connectivity index (χ0v) is 21.3. The molecule has 5 nitrogen and oxygen atoms in total. The number of anilines is 1. The van der Waals surface area contributed by atoms with Crippen molar-refractivity contribution in [1.82, 2.24) is 9.88 Å². The third kappa shape index (κ3) is 4.10. The highest BCUT2D eigenvalue weighted by atomic mass is 32.1. The van der Waals surface area contributed by atoms with Crippen LogP contribution in [-0.2, 0) is 16.0 Å².